The molecule has 1 aromatic heterocycles. The van der Waals surface area contributed by atoms with Crippen LogP contribution in [-0.4, -0.2) is 79.3 Å². The molecular weight excluding hydrogens is 812 g/mol. The molecule has 0 radical (unpaired) electrons. The van der Waals surface area contributed by atoms with Crippen molar-refractivity contribution in [2.45, 2.75) is 19.4 Å². The average molecular weight is 853 g/mol. The number of carbonyl (C=O) groups is 3. The molecule has 0 aliphatic carbocycles. The molecular formula is C44H40Cl2FN7O6. The van der Waals surface area contributed by atoms with Crippen LogP contribution >= 0.6 is 24.0 Å². The lowest BCUT2D eigenvalue weighted by atomic mass is 9.94. The van der Waals surface area contributed by atoms with E-state index in [0.717, 1.165) is 5.56 Å². The fraction of sp³-hybridized carbons (Fsp3) is 0.227. The number of aromatic nitrogens is 2. The first kappa shape index (κ1) is 43.1. The van der Waals surface area contributed by atoms with Gasteiger partial charge in [0.25, 0.3) is 5.91 Å². The van der Waals surface area contributed by atoms with Crippen molar-refractivity contribution in [2.24, 2.45) is 16.6 Å². The van der Waals surface area contributed by atoms with Crippen LogP contribution in [0.15, 0.2) is 84.0 Å². The summed E-state index contributed by atoms with van der Waals surface area (Å²) in [7, 11) is 4.25. The third-order valence-corrected chi connectivity index (χ3v) is 10.3. The maximum absolute atomic E-state index is 15.3. The highest BCUT2D eigenvalue weighted by Crippen LogP contribution is 2.37. The number of rotatable bonds is 9. The monoisotopic (exact) mass is 851 g/mol. The normalized spacial score (nSPS) is 13.2. The summed E-state index contributed by atoms with van der Waals surface area (Å²) in [4.78, 5) is 55.1. The van der Waals surface area contributed by atoms with Crippen molar-refractivity contribution in [3.05, 3.63) is 123 Å². The highest BCUT2D eigenvalue weighted by Gasteiger charge is 2.30. The molecule has 1 fully saturated rings. The van der Waals surface area contributed by atoms with Crippen molar-refractivity contribution >= 4 is 64.8 Å². The van der Waals surface area contributed by atoms with Gasteiger partial charge >= 0.3 is 5.97 Å². The van der Waals surface area contributed by atoms with E-state index >= 15 is 4.39 Å². The topological polar surface area (TPSA) is 170 Å². The van der Waals surface area contributed by atoms with E-state index in [4.69, 9.17) is 41.5 Å². The number of nitrogens with one attached hydrogen (secondary N) is 2. The Balaban J connectivity index is 0.00000604. The number of piperidine rings is 1. The number of nitrogens with zero attached hydrogens (tertiary/aromatic N) is 4. The number of hydrogen-bond acceptors (Lipinski definition) is 11. The summed E-state index contributed by atoms with van der Waals surface area (Å²) in [6.07, 6.45) is 2.57. The van der Waals surface area contributed by atoms with Gasteiger partial charge in [-0.1, -0.05) is 35.6 Å². The molecule has 0 bridgehead atoms. The largest absolute Gasteiger partial charge is 0.496 e. The molecule has 60 heavy (non-hydrogen) atoms. The molecule has 4 N–H and O–H groups in total. The van der Waals surface area contributed by atoms with Crippen LogP contribution in [-0.2, 0) is 16.1 Å². The molecule has 2 aliphatic rings. The van der Waals surface area contributed by atoms with E-state index in [9.17, 15) is 14.4 Å². The number of nitrogens with two attached hydrogens (primary N) is 1. The van der Waals surface area contributed by atoms with Gasteiger partial charge in [0.15, 0.2) is 0 Å². The molecule has 0 spiro atoms. The van der Waals surface area contributed by atoms with Gasteiger partial charge in [-0.15, -0.1) is 12.4 Å². The summed E-state index contributed by atoms with van der Waals surface area (Å²) < 4.78 is 31.3. The average Bonchev–Trinajstić information content (AvgIpc) is 3.41. The number of anilines is 3. The second kappa shape index (κ2) is 19.0. The predicted molar refractivity (Wildman–Crippen MR) is 229 cm³/mol. The molecule has 0 atom stereocenters. The second-order valence-corrected chi connectivity index (χ2v) is 14.0. The summed E-state index contributed by atoms with van der Waals surface area (Å²) >= 11 is 6.46. The Morgan fingerprint density at radius 2 is 1.68 bits per heavy atom. The van der Waals surface area contributed by atoms with Crippen molar-refractivity contribution < 1.29 is 33.0 Å². The molecule has 308 valence electrons. The van der Waals surface area contributed by atoms with Crippen LogP contribution < -0.4 is 25.8 Å². The minimum atomic E-state index is -0.545. The van der Waals surface area contributed by atoms with Gasteiger partial charge < -0.3 is 35.5 Å². The summed E-state index contributed by atoms with van der Waals surface area (Å²) in [5.41, 5.74) is 10.8. The highest BCUT2D eigenvalue weighted by molar-refractivity contribution is 6.31. The van der Waals surface area contributed by atoms with Gasteiger partial charge in [-0.3, -0.25) is 14.6 Å². The minimum absolute atomic E-state index is 0. The maximum atomic E-state index is 15.3. The number of hydrogen-bond donors (Lipinski definition) is 3. The smallest absolute Gasteiger partial charge is 0.339 e. The lowest BCUT2D eigenvalue weighted by Crippen LogP contribution is -2.41. The molecule has 13 nitrogen and oxygen atoms in total. The van der Waals surface area contributed by atoms with Crippen LogP contribution in [0.1, 0.15) is 55.8 Å². The zero-order valence-corrected chi connectivity index (χ0v) is 34.4. The predicted octanol–water partition coefficient (Wildman–Crippen LogP) is 7.06. The summed E-state index contributed by atoms with van der Waals surface area (Å²) in [5.74, 6) is 4.75. The van der Waals surface area contributed by atoms with E-state index < -0.39 is 11.8 Å². The summed E-state index contributed by atoms with van der Waals surface area (Å²) in [6.45, 7) is 1.01. The maximum Gasteiger partial charge on any atom is 0.339 e. The molecule has 0 saturated carbocycles. The number of ether oxygens (including phenoxy) is 3. The Morgan fingerprint density at radius 1 is 0.933 bits per heavy atom. The minimum Gasteiger partial charge on any atom is -0.496 e. The fourth-order valence-electron chi connectivity index (χ4n) is 7.10. The molecule has 7 rings (SSSR count). The van der Waals surface area contributed by atoms with E-state index in [1.807, 2.05) is 6.07 Å². The first-order chi connectivity index (χ1) is 28.6. The van der Waals surface area contributed by atoms with Crippen LogP contribution in [0.2, 0.25) is 5.02 Å². The van der Waals surface area contributed by atoms with Crippen LogP contribution in [0.3, 0.4) is 0 Å². The number of halogens is 3. The third kappa shape index (κ3) is 9.03. The van der Waals surface area contributed by atoms with Gasteiger partial charge in [-0.25, -0.2) is 19.2 Å². The summed E-state index contributed by atoms with van der Waals surface area (Å²) in [5, 5.41) is 6.58. The molecule has 2 amide bonds. The van der Waals surface area contributed by atoms with Gasteiger partial charge in [0.1, 0.15) is 17.3 Å². The molecule has 3 heterocycles. The van der Waals surface area contributed by atoms with Crippen molar-refractivity contribution in [3.8, 4) is 34.6 Å². The number of aliphatic imine (C=N–C) groups is 1. The van der Waals surface area contributed by atoms with Crippen molar-refractivity contribution in [1.82, 2.24) is 14.9 Å². The fourth-order valence-corrected chi connectivity index (χ4v) is 7.27. The van der Waals surface area contributed by atoms with Gasteiger partial charge in [0.05, 0.1) is 62.5 Å². The quantitative estimate of drug-likeness (QED) is 0.103. The molecule has 2 aliphatic heterocycles. The van der Waals surface area contributed by atoms with E-state index in [1.165, 1.54) is 27.4 Å². The molecule has 0 unspecified atom stereocenters. The van der Waals surface area contributed by atoms with Gasteiger partial charge in [-0.05, 0) is 67.4 Å². The first-order valence-corrected chi connectivity index (χ1v) is 19.0. The molecule has 4 aromatic carbocycles. The Labute approximate surface area is 356 Å². The first-order valence-electron chi connectivity index (χ1n) is 18.6. The van der Waals surface area contributed by atoms with E-state index in [-0.39, 0.29) is 60.3 Å². The number of carbonyl (C=O) groups excluding carboxylic acids is 3. The highest BCUT2D eigenvalue weighted by atomic mass is 35.5. The third-order valence-electron chi connectivity index (χ3n) is 10.1. The Hall–Kier alpha value is -6.53. The van der Waals surface area contributed by atoms with Crippen molar-refractivity contribution in [3.63, 3.8) is 0 Å². The van der Waals surface area contributed by atoms with E-state index in [1.54, 1.807) is 71.8 Å². The van der Waals surface area contributed by atoms with Crippen molar-refractivity contribution in [2.75, 3.05) is 51.6 Å². The van der Waals surface area contributed by atoms with Crippen LogP contribution in [0.25, 0.3) is 11.3 Å². The zero-order chi connectivity index (χ0) is 41.6. The second-order valence-electron chi connectivity index (χ2n) is 13.6. The number of fused-ring (bicyclic) bond motifs is 3. The van der Waals surface area contributed by atoms with Crippen LogP contribution in [0, 0.1) is 23.6 Å². The van der Waals surface area contributed by atoms with Gasteiger partial charge in [-0.2, -0.15) is 0 Å². The lowest BCUT2D eigenvalue weighted by Gasteiger charge is -2.31. The number of benzene rings is 4. The van der Waals surface area contributed by atoms with Crippen LogP contribution in [0.5, 0.6) is 11.5 Å². The number of esters is 1. The standard InChI is InChI=1S/C44H39ClFN7O6.ClH/c1-57-36-8-4-7-35(46)38(36)40-34-21-28(45)9-12-32(34)39-27(23-48-40)24-49-44(52-39)51-30-11-14-33(37(22-30)58-2)42(55)53-18-15-25(16-19-53)41(54)50-29-10-13-31(43(56)59-3)26(20-29)6-5-17-47;/h4,7-14,20-22,24-25H,15-19,23,47H2,1-3H3,(H,50,54)(H,49,51,52);1H. The number of methoxy groups -OCH3 is 3. The SMILES string of the molecule is COC(=O)c1ccc(NC(=O)C2CCN(C(=O)c3ccc(Nc4ncc5c(n4)-c4ccc(Cl)cc4C(c4c(F)cccc4OC)=NC5)cc3OC)CC2)cc1C#CCN.Cl. The van der Waals surface area contributed by atoms with Gasteiger partial charge in [0, 0.05) is 69.9 Å². The zero-order valence-electron chi connectivity index (χ0n) is 32.8. The lowest BCUT2D eigenvalue weighted by molar-refractivity contribution is -0.121. The van der Waals surface area contributed by atoms with Gasteiger partial charge in [0.2, 0.25) is 11.9 Å². The van der Waals surface area contributed by atoms with Crippen molar-refractivity contribution in [1.29, 1.82) is 0 Å². The molecule has 5 aromatic rings. The number of likely N-dealkylation sites (tertiary alicyclic amines) is 1. The van der Waals surface area contributed by atoms with E-state index in [2.05, 4.69) is 27.5 Å². The Kier molecular flexibility index (Phi) is 13.7. The summed E-state index contributed by atoms with van der Waals surface area (Å²) in [6, 6.07) is 19.8. The Morgan fingerprint density at radius 3 is 2.42 bits per heavy atom. The number of amides is 2. The van der Waals surface area contributed by atoms with E-state index in [0.29, 0.717) is 87.5 Å². The van der Waals surface area contributed by atoms with Crippen LogP contribution in [0.4, 0.5) is 21.7 Å². The Bertz CT molecular complexity index is 2570. The molecule has 16 heteroatoms. The molecule has 1 saturated heterocycles.